The maximum absolute atomic E-state index is 10.9. The summed E-state index contributed by atoms with van der Waals surface area (Å²) in [5.41, 5.74) is 0. The SMILES string of the molecule is CC(NCCS(C)=O)C1CC2C=CC1C2. The van der Waals surface area contributed by atoms with Crippen molar-refractivity contribution in [3.8, 4) is 0 Å². The first kappa shape index (κ1) is 11.3. The Morgan fingerprint density at radius 1 is 1.47 bits per heavy atom. The van der Waals surface area contributed by atoms with E-state index in [-0.39, 0.29) is 0 Å². The molecular formula is C12H21NOS. The highest BCUT2D eigenvalue weighted by Gasteiger charge is 2.38. The fourth-order valence-corrected chi connectivity index (χ4v) is 3.39. The van der Waals surface area contributed by atoms with E-state index in [0.717, 1.165) is 30.1 Å². The van der Waals surface area contributed by atoms with Crippen LogP contribution in [-0.4, -0.2) is 28.8 Å². The number of hydrogen-bond donors (Lipinski definition) is 1. The molecule has 0 aliphatic heterocycles. The van der Waals surface area contributed by atoms with Gasteiger partial charge in [0.2, 0.25) is 0 Å². The van der Waals surface area contributed by atoms with E-state index in [9.17, 15) is 4.21 Å². The molecule has 15 heavy (non-hydrogen) atoms. The van der Waals surface area contributed by atoms with Crippen LogP contribution < -0.4 is 5.32 Å². The van der Waals surface area contributed by atoms with Gasteiger partial charge in [-0.15, -0.1) is 0 Å². The number of fused-ring (bicyclic) bond motifs is 2. The molecule has 2 nitrogen and oxygen atoms in total. The summed E-state index contributed by atoms with van der Waals surface area (Å²) >= 11 is 0. The van der Waals surface area contributed by atoms with Crippen molar-refractivity contribution in [2.45, 2.75) is 25.8 Å². The molecule has 2 bridgehead atoms. The first-order valence-corrected chi connectivity index (χ1v) is 7.61. The molecule has 0 amide bonds. The Morgan fingerprint density at radius 2 is 2.27 bits per heavy atom. The lowest BCUT2D eigenvalue weighted by Crippen LogP contribution is -2.37. The van der Waals surface area contributed by atoms with E-state index in [1.54, 1.807) is 6.26 Å². The van der Waals surface area contributed by atoms with Crippen LogP contribution in [0, 0.1) is 17.8 Å². The molecule has 0 spiro atoms. The van der Waals surface area contributed by atoms with Gasteiger partial charge in [0.1, 0.15) is 0 Å². The molecule has 0 aromatic heterocycles. The third-order valence-electron chi connectivity index (χ3n) is 3.83. The topological polar surface area (TPSA) is 29.1 Å². The van der Waals surface area contributed by atoms with Gasteiger partial charge in [-0.25, -0.2) is 0 Å². The lowest BCUT2D eigenvalue weighted by molar-refractivity contribution is 0.333. The molecule has 1 N–H and O–H groups in total. The summed E-state index contributed by atoms with van der Waals surface area (Å²) in [5.74, 6) is 3.25. The van der Waals surface area contributed by atoms with Crippen LogP contribution in [0.1, 0.15) is 19.8 Å². The predicted molar refractivity (Wildman–Crippen MR) is 65.2 cm³/mol. The molecule has 5 unspecified atom stereocenters. The summed E-state index contributed by atoms with van der Waals surface area (Å²) < 4.78 is 10.9. The Bertz CT molecular complexity index is 277. The quantitative estimate of drug-likeness (QED) is 0.722. The van der Waals surface area contributed by atoms with Gasteiger partial charge in [0, 0.05) is 35.4 Å². The van der Waals surface area contributed by atoms with E-state index in [1.807, 2.05) is 0 Å². The molecule has 0 saturated heterocycles. The van der Waals surface area contributed by atoms with Gasteiger partial charge in [-0.05, 0) is 37.5 Å². The minimum absolute atomic E-state index is 0.577. The number of rotatable bonds is 5. The summed E-state index contributed by atoms with van der Waals surface area (Å²) in [5, 5.41) is 3.51. The van der Waals surface area contributed by atoms with Crippen LogP contribution in [-0.2, 0) is 10.8 Å². The summed E-state index contributed by atoms with van der Waals surface area (Å²) in [7, 11) is -0.662. The average Bonchev–Trinajstić information content (AvgIpc) is 2.77. The van der Waals surface area contributed by atoms with E-state index in [0.29, 0.717) is 6.04 Å². The number of hydrogen-bond acceptors (Lipinski definition) is 2. The van der Waals surface area contributed by atoms with Gasteiger partial charge < -0.3 is 5.32 Å². The molecular weight excluding hydrogens is 206 g/mol. The molecule has 2 rings (SSSR count). The predicted octanol–water partition coefficient (Wildman–Crippen LogP) is 1.56. The van der Waals surface area contributed by atoms with Crippen LogP contribution in [0.3, 0.4) is 0 Å². The molecule has 0 radical (unpaired) electrons. The van der Waals surface area contributed by atoms with Crippen molar-refractivity contribution in [2.24, 2.45) is 17.8 Å². The van der Waals surface area contributed by atoms with E-state index < -0.39 is 10.8 Å². The average molecular weight is 227 g/mol. The molecule has 86 valence electrons. The van der Waals surface area contributed by atoms with Gasteiger partial charge in [-0.3, -0.25) is 4.21 Å². The maximum Gasteiger partial charge on any atom is 0.0357 e. The van der Waals surface area contributed by atoms with Gasteiger partial charge in [0.15, 0.2) is 0 Å². The molecule has 1 saturated carbocycles. The molecule has 0 heterocycles. The van der Waals surface area contributed by atoms with Gasteiger partial charge in [0.05, 0.1) is 0 Å². The van der Waals surface area contributed by atoms with Crippen LogP contribution in [0.15, 0.2) is 12.2 Å². The normalized spacial score (nSPS) is 37.1. The van der Waals surface area contributed by atoms with Crippen LogP contribution in [0.2, 0.25) is 0 Å². The zero-order chi connectivity index (χ0) is 10.8. The zero-order valence-electron chi connectivity index (χ0n) is 9.61. The van der Waals surface area contributed by atoms with Gasteiger partial charge in [-0.2, -0.15) is 0 Å². The summed E-state index contributed by atoms with van der Waals surface area (Å²) in [6.45, 7) is 3.17. The Kier molecular flexibility index (Phi) is 3.62. The van der Waals surface area contributed by atoms with Crippen molar-refractivity contribution < 1.29 is 4.21 Å². The van der Waals surface area contributed by atoms with Crippen LogP contribution in [0.5, 0.6) is 0 Å². The minimum atomic E-state index is -0.662. The monoisotopic (exact) mass is 227 g/mol. The fourth-order valence-electron chi connectivity index (χ4n) is 2.98. The van der Waals surface area contributed by atoms with Crippen LogP contribution >= 0.6 is 0 Å². The highest BCUT2D eigenvalue weighted by molar-refractivity contribution is 7.84. The van der Waals surface area contributed by atoms with E-state index in [2.05, 4.69) is 24.4 Å². The lowest BCUT2D eigenvalue weighted by Gasteiger charge is -2.26. The Balaban J connectivity index is 1.74. The number of allylic oxidation sites excluding steroid dienone is 2. The number of nitrogens with one attached hydrogen (secondary N) is 1. The van der Waals surface area contributed by atoms with Gasteiger partial charge >= 0.3 is 0 Å². The molecule has 5 atom stereocenters. The molecule has 2 aliphatic rings. The first-order valence-electron chi connectivity index (χ1n) is 5.88. The third-order valence-corrected chi connectivity index (χ3v) is 4.61. The largest absolute Gasteiger partial charge is 0.313 e. The van der Waals surface area contributed by atoms with E-state index in [1.165, 1.54) is 12.8 Å². The maximum atomic E-state index is 10.9. The molecule has 3 heteroatoms. The molecule has 2 aliphatic carbocycles. The van der Waals surface area contributed by atoms with Crippen molar-refractivity contribution in [1.82, 2.24) is 5.32 Å². The van der Waals surface area contributed by atoms with E-state index >= 15 is 0 Å². The first-order chi connectivity index (χ1) is 7.16. The zero-order valence-corrected chi connectivity index (χ0v) is 10.4. The standard InChI is InChI=1S/C12H21NOS/c1-9(13-5-6-15(2)14)12-8-10-3-4-11(12)7-10/h3-4,9-13H,5-8H2,1-2H3. The van der Waals surface area contributed by atoms with Crippen molar-refractivity contribution in [2.75, 3.05) is 18.6 Å². The Labute approximate surface area is 95.0 Å². The fraction of sp³-hybridized carbons (Fsp3) is 0.833. The second-order valence-corrected chi connectivity index (χ2v) is 6.52. The summed E-state index contributed by atoms with van der Waals surface area (Å²) in [6.07, 6.45) is 9.28. The van der Waals surface area contributed by atoms with Crippen LogP contribution in [0.25, 0.3) is 0 Å². The molecule has 1 fully saturated rings. The molecule has 0 aromatic rings. The van der Waals surface area contributed by atoms with Crippen molar-refractivity contribution in [3.05, 3.63) is 12.2 Å². The Morgan fingerprint density at radius 3 is 2.80 bits per heavy atom. The van der Waals surface area contributed by atoms with E-state index in [4.69, 9.17) is 0 Å². The van der Waals surface area contributed by atoms with Crippen molar-refractivity contribution in [3.63, 3.8) is 0 Å². The summed E-state index contributed by atoms with van der Waals surface area (Å²) in [6, 6.07) is 0.577. The Hall–Kier alpha value is -0.150. The van der Waals surface area contributed by atoms with Crippen LogP contribution in [0.4, 0.5) is 0 Å². The summed E-state index contributed by atoms with van der Waals surface area (Å²) in [4.78, 5) is 0. The second-order valence-electron chi connectivity index (χ2n) is 4.96. The van der Waals surface area contributed by atoms with Crippen molar-refractivity contribution >= 4 is 10.8 Å². The highest BCUT2D eigenvalue weighted by Crippen LogP contribution is 2.44. The molecule has 0 aromatic carbocycles. The third kappa shape index (κ3) is 2.70. The van der Waals surface area contributed by atoms with Crippen molar-refractivity contribution in [1.29, 1.82) is 0 Å². The minimum Gasteiger partial charge on any atom is -0.313 e. The van der Waals surface area contributed by atoms with Gasteiger partial charge in [-0.1, -0.05) is 12.2 Å². The smallest absolute Gasteiger partial charge is 0.0357 e. The van der Waals surface area contributed by atoms with Gasteiger partial charge in [0.25, 0.3) is 0 Å². The highest BCUT2D eigenvalue weighted by atomic mass is 32.2. The second kappa shape index (κ2) is 4.79. The lowest BCUT2D eigenvalue weighted by atomic mass is 9.87.